The van der Waals surface area contributed by atoms with Gasteiger partial charge in [0.1, 0.15) is 0 Å². The average molecular weight is 311 g/mol. The molecule has 4 nitrogen and oxygen atoms in total. The Morgan fingerprint density at radius 2 is 2.00 bits per heavy atom. The number of aliphatic hydroxyl groups is 1. The number of likely N-dealkylation sites (tertiary alicyclic amines) is 1. The van der Waals surface area contributed by atoms with Crippen LogP contribution in [-0.4, -0.2) is 80.3 Å². The van der Waals surface area contributed by atoms with E-state index in [1.54, 1.807) is 0 Å². The van der Waals surface area contributed by atoms with Crippen LogP contribution >= 0.6 is 11.3 Å². The Kier molecular flexibility index (Phi) is 6.64. The highest BCUT2D eigenvalue weighted by molar-refractivity contribution is 7.09. The van der Waals surface area contributed by atoms with E-state index in [1.807, 2.05) is 11.3 Å². The highest BCUT2D eigenvalue weighted by Crippen LogP contribution is 2.26. The number of thiophene rings is 1. The van der Waals surface area contributed by atoms with Gasteiger partial charge in [-0.1, -0.05) is 6.07 Å². The van der Waals surface area contributed by atoms with Crippen LogP contribution in [0.4, 0.5) is 0 Å². The Bertz CT molecular complexity index is 396. The Labute approximate surface area is 133 Å². The molecule has 5 heteroatoms. The summed E-state index contributed by atoms with van der Waals surface area (Å²) in [5.74, 6) is 1.01. The van der Waals surface area contributed by atoms with Gasteiger partial charge in [0.25, 0.3) is 0 Å². The first kappa shape index (κ1) is 16.9. The van der Waals surface area contributed by atoms with Crippen LogP contribution in [0.1, 0.15) is 4.88 Å². The lowest BCUT2D eigenvalue weighted by atomic mass is 9.96. The zero-order chi connectivity index (χ0) is 15.2. The number of rotatable bonds is 8. The normalized spacial score (nSPS) is 23.5. The quantitative estimate of drug-likeness (QED) is 0.783. The maximum Gasteiger partial charge on any atom is 0.0475 e. The molecule has 1 fully saturated rings. The average Bonchev–Trinajstić information content (AvgIpc) is 3.06. The van der Waals surface area contributed by atoms with Crippen LogP contribution in [0, 0.1) is 11.8 Å². The van der Waals surface area contributed by atoms with Gasteiger partial charge in [-0.25, -0.2) is 0 Å². The molecule has 2 rings (SSSR count). The summed E-state index contributed by atoms with van der Waals surface area (Å²) in [5, 5.41) is 11.8. The van der Waals surface area contributed by atoms with Gasteiger partial charge in [-0.15, -0.1) is 11.3 Å². The van der Waals surface area contributed by atoms with E-state index in [0.29, 0.717) is 18.4 Å². The van der Waals surface area contributed by atoms with Gasteiger partial charge in [-0.3, -0.25) is 4.90 Å². The molecule has 0 bridgehead atoms. The van der Waals surface area contributed by atoms with Gasteiger partial charge in [0, 0.05) is 50.8 Å². The number of likely N-dealkylation sites (N-methyl/N-ethyl adjacent to an activating group) is 2. The summed E-state index contributed by atoms with van der Waals surface area (Å²) in [4.78, 5) is 8.55. The van der Waals surface area contributed by atoms with E-state index in [0.717, 1.165) is 39.3 Å². The van der Waals surface area contributed by atoms with Crippen molar-refractivity contribution >= 4 is 11.3 Å². The van der Waals surface area contributed by atoms with E-state index in [1.165, 1.54) is 4.88 Å². The second-order valence-corrected chi connectivity index (χ2v) is 7.57. The molecular weight excluding hydrogens is 282 g/mol. The van der Waals surface area contributed by atoms with Gasteiger partial charge in [-0.2, -0.15) is 0 Å². The van der Waals surface area contributed by atoms with E-state index in [4.69, 9.17) is 0 Å². The van der Waals surface area contributed by atoms with E-state index < -0.39 is 0 Å². The highest BCUT2D eigenvalue weighted by atomic mass is 32.1. The zero-order valence-electron chi connectivity index (χ0n) is 13.5. The largest absolute Gasteiger partial charge is 0.396 e. The van der Waals surface area contributed by atoms with Crippen molar-refractivity contribution in [1.82, 2.24) is 14.7 Å². The number of hydrogen-bond donors (Lipinski definition) is 1. The summed E-state index contributed by atoms with van der Waals surface area (Å²) in [5.41, 5.74) is 0. The van der Waals surface area contributed by atoms with Gasteiger partial charge >= 0.3 is 0 Å². The summed E-state index contributed by atoms with van der Waals surface area (Å²) in [6.45, 7) is 6.74. The highest BCUT2D eigenvalue weighted by Gasteiger charge is 2.32. The van der Waals surface area contributed by atoms with Gasteiger partial charge < -0.3 is 14.9 Å². The molecule has 0 amide bonds. The summed E-state index contributed by atoms with van der Waals surface area (Å²) in [6, 6.07) is 4.32. The Hall–Kier alpha value is -0.460. The van der Waals surface area contributed by atoms with Crippen molar-refractivity contribution in [3.05, 3.63) is 22.4 Å². The van der Waals surface area contributed by atoms with Crippen LogP contribution in [0.15, 0.2) is 17.5 Å². The minimum Gasteiger partial charge on any atom is -0.396 e. The first-order valence-corrected chi connectivity index (χ1v) is 8.65. The molecule has 1 aliphatic rings. The molecule has 1 aromatic heterocycles. The summed E-state index contributed by atoms with van der Waals surface area (Å²) in [7, 11) is 6.42. The molecule has 2 heterocycles. The fourth-order valence-corrected chi connectivity index (χ4v) is 3.81. The zero-order valence-corrected chi connectivity index (χ0v) is 14.4. The van der Waals surface area contributed by atoms with E-state index in [2.05, 4.69) is 53.4 Å². The maximum atomic E-state index is 9.66. The van der Waals surface area contributed by atoms with Gasteiger partial charge in [0.15, 0.2) is 0 Å². The summed E-state index contributed by atoms with van der Waals surface area (Å²) < 4.78 is 0. The fraction of sp³-hybridized carbons (Fsp3) is 0.750. The van der Waals surface area contributed by atoms with Crippen LogP contribution in [-0.2, 0) is 6.54 Å². The Balaban J connectivity index is 1.81. The predicted octanol–water partition coefficient (Wildman–Crippen LogP) is 1.28. The molecule has 2 atom stereocenters. The number of aliphatic hydroxyl groups excluding tert-OH is 1. The van der Waals surface area contributed by atoms with Crippen molar-refractivity contribution < 1.29 is 5.11 Å². The molecule has 0 spiro atoms. The summed E-state index contributed by atoms with van der Waals surface area (Å²) in [6.07, 6.45) is 0. The number of hydrogen-bond acceptors (Lipinski definition) is 5. The van der Waals surface area contributed by atoms with E-state index in [-0.39, 0.29) is 0 Å². The SMILES string of the molecule is CN(C)CCN(C)C[C@@H]1CN(Cc2cccs2)C[C@@H]1CO. The van der Waals surface area contributed by atoms with E-state index >= 15 is 0 Å². The third-order valence-corrected chi connectivity index (χ3v) is 5.18. The molecule has 1 N–H and O–H groups in total. The number of nitrogens with zero attached hydrogens (tertiary/aromatic N) is 3. The van der Waals surface area contributed by atoms with Crippen LogP contribution in [0.3, 0.4) is 0 Å². The second kappa shape index (κ2) is 8.25. The van der Waals surface area contributed by atoms with E-state index in [9.17, 15) is 5.11 Å². The first-order valence-electron chi connectivity index (χ1n) is 7.77. The van der Waals surface area contributed by atoms with Crippen molar-refractivity contribution in [3.8, 4) is 0 Å². The van der Waals surface area contributed by atoms with Crippen molar-refractivity contribution in [2.24, 2.45) is 11.8 Å². The molecule has 0 saturated carbocycles. The van der Waals surface area contributed by atoms with Crippen molar-refractivity contribution in [3.63, 3.8) is 0 Å². The lowest BCUT2D eigenvalue weighted by Gasteiger charge is -2.25. The molecule has 0 radical (unpaired) electrons. The smallest absolute Gasteiger partial charge is 0.0475 e. The van der Waals surface area contributed by atoms with Crippen LogP contribution in [0.25, 0.3) is 0 Å². The predicted molar refractivity (Wildman–Crippen MR) is 89.7 cm³/mol. The molecule has 21 heavy (non-hydrogen) atoms. The van der Waals surface area contributed by atoms with Gasteiger partial charge in [0.2, 0.25) is 0 Å². The molecule has 1 aromatic rings. The minimum absolute atomic E-state index is 0.313. The maximum absolute atomic E-state index is 9.66. The first-order chi connectivity index (χ1) is 10.1. The Morgan fingerprint density at radius 3 is 2.62 bits per heavy atom. The molecule has 120 valence electrons. The van der Waals surface area contributed by atoms with Gasteiger partial charge in [0.05, 0.1) is 0 Å². The molecule has 0 unspecified atom stereocenters. The van der Waals surface area contributed by atoms with Gasteiger partial charge in [-0.05, 0) is 44.4 Å². The fourth-order valence-electron chi connectivity index (χ4n) is 3.06. The van der Waals surface area contributed by atoms with Crippen molar-refractivity contribution in [2.75, 3.05) is 60.5 Å². The molecule has 0 aromatic carbocycles. The van der Waals surface area contributed by atoms with Crippen LogP contribution < -0.4 is 0 Å². The molecule has 1 saturated heterocycles. The Morgan fingerprint density at radius 1 is 1.24 bits per heavy atom. The minimum atomic E-state index is 0.313. The third kappa shape index (κ3) is 5.34. The summed E-state index contributed by atoms with van der Waals surface area (Å²) >= 11 is 1.82. The van der Waals surface area contributed by atoms with Crippen molar-refractivity contribution in [1.29, 1.82) is 0 Å². The van der Waals surface area contributed by atoms with Crippen LogP contribution in [0.2, 0.25) is 0 Å². The second-order valence-electron chi connectivity index (χ2n) is 6.54. The topological polar surface area (TPSA) is 30.0 Å². The lowest BCUT2D eigenvalue weighted by molar-refractivity contribution is 0.171. The monoisotopic (exact) mass is 311 g/mol. The van der Waals surface area contributed by atoms with Crippen LogP contribution in [0.5, 0.6) is 0 Å². The lowest BCUT2D eigenvalue weighted by Crippen LogP contribution is -2.35. The standard InChI is InChI=1S/C16H29N3OS/c1-17(2)6-7-18(3)9-14-10-19(11-15(14)13-20)12-16-5-4-8-21-16/h4-5,8,14-15,20H,6-7,9-13H2,1-3H3/t14-,15-/m1/s1. The molecular formula is C16H29N3OS. The molecule has 1 aliphatic heterocycles. The third-order valence-electron chi connectivity index (χ3n) is 4.32. The molecule has 0 aliphatic carbocycles. The van der Waals surface area contributed by atoms with Crippen molar-refractivity contribution in [2.45, 2.75) is 6.54 Å².